The third-order valence-corrected chi connectivity index (χ3v) is 2.38. The van der Waals surface area contributed by atoms with Gasteiger partial charge in [-0.25, -0.2) is 9.78 Å². The van der Waals surface area contributed by atoms with Crippen LogP contribution in [0.25, 0.3) is 0 Å². The van der Waals surface area contributed by atoms with Gasteiger partial charge in [0.1, 0.15) is 12.6 Å². The van der Waals surface area contributed by atoms with E-state index in [0.29, 0.717) is 12.2 Å². The number of nitriles is 1. The predicted molar refractivity (Wildman–Crippen MR) is 70.4 cm³/mol. The number of carbonyl (C=O) groups is 1. The molecule has 1 unspecified atom stereocenters. The molecule has 0 fully saturated rings. The summed E-state index contributed by atoms with van der Waals surface area (Å²) >= 11 is 0. The fraction of sp³-hybridized carbons (Fsp3) is 0.429. The fourth-order valence-electron chi connectivity index (χ4n) is 1.66. The van der Waals surface area contributed by atoms with E-state index in [-0.39, 0.29) is 12.5 Å². The van der Waals surface area contributed by atoms with Crippen LogP contribution >= 0.6 is 0 Å². The number of aryl methyl sites for hydroxylation is 2. The van der Waals surface area contributed by atoms with Crippen molar-refractivity contribution in [2.75, 3.05) is 13.2 Å². The summed E-state index contributed by atoms with van der Waals surface area (Å²) in [5.41, 5.74) is 2.54. The Labute approximate surface area is 113 Å². The molecule has 0 aliphatic rings. The van der Waals surface area contributed by atoms with Crippen LogP contribution in [0.3, 0.4) is 0 Å². The molecule has 0 aliphatic carbocycles. The molecule has 5 nitrogen and oxygen atoms in total. The van der Waals surface area contributed by atoms with Gasteiger partial charge in [0.2, 0.25) is 0 Å². The van der Waals surface area contributed by atoms with E-state index in [1.54, 1.807) is 19.1 Å². The van der Waals surface area contributed by atoms with Gasteiger partial charge in [-0.05, 0) is 32.9 Å². The highest BCUT2D eigenvalue weighted by Gasteiger charge is 2.14. The molecule has 0 heterocycles. The van der Waals surface area contributed by atoms with Gasteiger partial charge < -0.3 is 5.32 Å². The summed E-state index contributed by atoms with van der Waals surface area (Å²) in [4.78, 5) is 21.5. The Balaban J connectivity index is 2.64. The Morgan fingerprint density at radius 2 is 1.95 bits per heavy atom. The molecule has 0 saturated heterocycles. The van der Waals surface area contributed by atoms with E-state index in [4.69, 9.17) is 10.1 Å². The van der Waals surface area contributed by atoms with E-state index in [1.165, 1.54) is 0 Å². The largest absolute Gasteiger partial charge is 0.334 e. The molecule has 5 heteroatoms. The lowest BCUT2D eigenvalue weighted by atomic mass is 10.1. The average molecular weight is 262 g/mol. The number of amides is 1. The SMILES string of the molecule is CCOOCC(C#N)NC(=O)c1cc(C)cc(C)c1. The highest BCUT2D eigenvalue weighted by molar-refractivity contribution is 5.95. The van der Waals surface area contributed by atoms with Crippen LogP contribution in [0.15, 0.2) is 18.2 Å². The van der Waals surface area contributed by atoms with Crippen molar-refractivity contribution in [2.24, 2.45) is 0 Å². The number of hydrogen-bond acceptors (Lipinski definition) is 4. The monoisotopic (exact) mass is 262 g/mol. The quantitative estimate of drug-likeness (QED) is 0.483. The van der Waals surface area contributed by atoms with Crippen LogP contribution in [0.4, 0.5) is 0 Å². The first kappa shape index (κ1) is 15.2. The molecule has 1 atom stereocenters. The Bertz CT molecular complexity index is 460. The van der Waals surface area contributed by atoms with Crippen LogP contribution in [-0.4, -0.2) is 25.2 Å². The van der Waals surface area contributed by atoms with Gasteiger partial charge in [0.05, 0.1) is 12.7 Å². The van der Waals surface area contributed by atoms with Crippen LogP contribution < -0.4 is 5.32 Å². The minimum Gasteiger partial charge on any atom is -0.334 e. The molecule has 0 aliphatic heterocycles. The summed E-state index contributed by atoms with van der Waals surface area (Å²) in [6, 6.07) is 6.76. The summed E-state index contributed by atoms with van der Waals surface area (Å²) in [6.07, 6.45) is 0. The third kappa shape index (κ3) is 5.08. The molecule has 0 saturated carbocycles. The van der Waals surface area contributed by atoms with Gasteiger partial charge in [-0.1, -0.05) is 17.2 Å². The predicted octanol–water partition coefficient (Wildman–Crippen LogP) is 1.89. The third-order valence-electron chi connectivity index (χ3n) is 2.38. The van der Waals surface area contributed by atoms with E-state index in [0.717, 1.165) is 11.1 Å². The van der Waals surface area contributed by atoms with Crippen LogP contribution in [0, 0.1) is 25.2 Å². The van der Waals surface area contributed by atoms with Crippen molar-refractivity contribution < 1.29 is 14.6 Å². The van der Waals surface area contributed by atoms with E-state index in [9.17, 15) is 4.79 Å². The molecule has 102 valence electrons. The Morgan fingerprint density at radius 1 is 1.32 bits per heavy atom. The van der Waals surface area contributed by atoms with Crippen molar-refractivity contribution in [1.29, 1.82) is 5.26 Å². The molecule has 1 rings (SSSR count). The molecule has 0 spiro atoms. The van der Waals surface area contributed by atoms with Crippen LogP contribution in [0.1, 0.15) is 28.4 Å². The first-order chi connectivity index (χ1) is 9.06. The van der Waals surface area contributed by atoms with Gasteiger partial charge in [0.25, 0.3) is 5.91 Å². The summed E-state index contributed by atoms with van der Waals surface area (Å²) in [7, 11) is 0. The van der Waals surface area contributed by atoms with Gasteiger partial charge in [-0.15, -0.1) is 0 Å². The maximum atomic E-state index is 12.0. The van der Waals surface area contributed by atoms with Crippen molar-refractivity contribution in [3.63, 3.8) is 0 Å². The molecule has 0 bridgehead atoms. The zero-order valence-electron chi connectivity index (χ0n) is 11.4. The van der Waals surface area contributed by atoms with Crippen molar-refractivity contribution in [3.05, 3.63) is 34.9 Å². The Morgan fingerprint density at radius 3 is 2.47 bits per heavy atom. The first-order valence-corrected chi connectivity index (χ1v) is 6.10. The summed E-state index contributed by atoms with van der Waals surface area (Å²) in [5.74, 6) is -0.293. The second-order valence-electron chi connectivity index (χ2n) is 4.22. The maximum absolute atomic E-state index is 12.0. The van der Waals surface area contributed by atoms with Gasteiger partial charge in [0.15, 0.2) is 0 Å². The van der Waals surface area contributed by atoms with E-state index in [2.05, 4.69) is 10.2 Å². The van der Waals surface area contributed by atoms with Gasteiger partial charge in [-0.2, -0.15) is 5.26 Å². The number of carbonyl (C=O) groups excluding carboxylic acids is 1. The average Bonchev–Trinajstić information content (AvgIpc) is 2.36. The number of rotatable bonds is 6. The number of benzene rings is 1. The van der Waals surface area contributed by atoms with Crippen LogP contribution in [-0.2, 0) is 9.78 Å². The van der Waals surface area contributed by atoms with Gasteiger partial charge in [0, 0.05) is 5.56 Å². The van der Waals surface area contributed by atoms with E-state index < -0.39 is 6.04 Å². The molecular formula is C14H18N2O3. The van der Waals surface area contributed by atoms with Gasteiger partial charge in [-0.3, -0.25) is 4.79 Å². The van der Waals surface area contributed by atoms with Crippen molar-refractivity contribution >= 4 is 5.91 Å². The highest BCUT2D eigenvalue weighted by Crippen LogP contribution is 2.09. The lowest BCUT2D eigenvalue weighted by Crippen LogP contribution is -2.37. The van der Waals surface area contributed by atoms with Crippen LogP contribution in [0.5, 0.6) is 0 Å². The van der Waals surface area contributed by atoms with E-state index >= 15 is 0 Å². The summed E-state index contributed by atoms with van der Waals surface area (Å²) in [6.45, 7) is 6.01. The van der Waals surface area contributed by atoms with Crippen molar-refractivity contribution in [1.82, 2.24) is 5.32 Å². The second-order valence-corrected chi connectivity index (χ2v) is 4.22. The number of nitrogens with one attached hydrogen (secondary N) is 1. The number of hydrogen-bond donors (Lipinski definition) is 1. The molecular weight excluding hydrogens is 244 g/mol. The second kappa shape index (κ2) is 7.52. The molecule has 0 radical (unpaired) electrons. The summed E-state index contributed by atoms with van der Waals surface area (Å²) < 4.78 is 0. The minimum absolute atomic E-state index is 0.000871. The zero-order valence-corrected chi connectivity index (χ0v) is 11.4. The molecule has 1 amide bonds. The molecule has 1 aromatic carbocycles. The van der Waals surface area contributed by atoms with Crippen molar-refractivity contribution in [3.8, 4) is 6.07 Å². The lowest BCUT2D eigenvalue weighted by Gasteiger charge is -2.12. The molecule has 0 aromatic heterocycles. The number of nitrogens with zero attached hydrogens (tertiary/aromatic N) is 1. The molecule has 1 N–H and O–H groups in total. The Kier molecular flexibility index (Phi) is 6.00. The van der Waals surface area contributed by atoms with Crippen LogP contribution in [0.2, 0.25) is 0 Å². The first-order valence-electron chi connectivity index (χ1n) is 6.10. The Hall–Kier alpha value is -1.90. The highest BCUT2D eigenvalue weighted by atomic mass is 17.2. The molecule has 1 aromatic rings. The molecule has 19 heavy (non-hydrogen) atoms. The normalized spacial score (nSPS) is 11.7. The smallest absolute Gasteiger partial charge is 0.252 e. The van der Waals surface area contributed by atoms with Crippen molar-refractivity contribution in [2.45, 2.75) is 26.8 Å². The fourth-order valence-corrected chi connectivity index (χ4v) is 1.66. The van der Waals surface area contributed by atoms with Gasteiger partial charge >= 0.3 is 0 Å². The summed E-state index contributed by atoms with van der Waals surface area (Å²) in [5, 5.41) is 11.5. The maximum Gasteiger partial charge on any atom is 0.252 e. The standard InChI is InChI=1S/C14H18N2O3/c1-4-18-19-9-13(8-15)16-14(17)12-6-10(2)5-11(3)7-12/h5-7,13H,4,9H2,1-3H3,(H,16,17). The van der Waals surface area contributed by atoms with E-state index in [1.807, 2.05) is 26.0 Å². The zero-order chi connectivity index (χ0) is 14.3. The lowest BCUT2D eigenvalue weighted by molar-refractivity contribution is -0.292. The minimum atomic E-state index is -0.736. The topological polar surface area (TPSA) is 71.3 Å².